The van der Waals surface area contributed by atoms with E-state index in [4.69, 9.17) is 0 Å². The van der Waals surface area contributed by atoms with Crippen LogP contribution in [-0.2, 0) is 4.79 Å². The highest BCUT2D eigenvalue weighted by Crippen LogP contribution is 2.17. The Balaban J connectivity index is 1.54. The molecule has 2 saturated heterocycles. The molecule has 0 aromatic carbocycles. The first-order valence-electron chi connectivity index (χ1n) is 7.50. The highest BCUT2D eigenvalue weighted by molar-refractivity contribution is 5.79. The van der Waals surface area contributed by atoms with Gasteiger partial charge in [-0.15, -0.1) is 0 Å². The van der Waals surface area contributed by atoms with Gasteiger partial charge in [-0.25, -0.2) is 4.98 Å². The van der Waals surface area contributed by atoms with Crippen molar-refractivity contribution in [1.29, 1.82) is 0 Å². The van der Waals surface area contributed by atoms with Gasteiger partial charge in [-0.2, -0.15) is 0 Å². The summed E-state index contributed by atoms with van der Waals surface area (Å²) in [5.74, 6) is 1.53. The number of carbonyl (C=O) groups excluding carboxylic acids is 1. The lowest BCUT2D eigenvalue weighted by molar-refractivity contribution is -0.136. The van der Waals surface area contributed by atoms with Crippen LogP contribution in [0.2, 0.25) is 0 Å². The lowest BCUT2D eigenvalue weighted by Gasteiger charge is -2.37. The van der Waals surface area contributed by atoms with Gasteiger partial charge in [0.05, 0.1) is 5.92 Å². The number of hydrogen-bond acceptors (Lipinski definition) is 4. The number of aromatic nitrogens is 1. The average molecular weight is 274 g/mol. The van der Waals surface area contributed by atoms with E-state index in [1.165, 1.54) is 0 Å². The molecule has 3 rings (SSSR count). The van der Waals surface area contributed by atoms with Gasteiger partial charge in [0.25, 0.3) is 0 Å². The fourth-order valence-electron chi connectivity index (χ4n) is 3.02. The van der Waals surface area contributed by atoms with E-state index in [1.807, 2.05) is 29.3 Å². The summed E-state index contributed by atoms with van der Waals surface area (Å²) in [6.45, 7) is 5.28. The molecule has 1 aromatic rings. The molecular weight excluding hydrogens is 252 g/mol. The van der Waals surface area contributed by atoms with Crippen molar-refractivity contribution in [2.75, 3.05) is 44.2 Å². The number of rotatable bonds is 2. The van der Waals surface area contributed by atoms with E-state index in [-0.39, 0.29) is 5.92 Å². The van der Waals surface area contributed by atoms with Crippen LogP contribution in [0, 0.1) is 5.92 Å². The Morgan fingerprint density at radius 1 is 1.25 bits per heavy atom. The molecule has 1 amide bonds. The number of nitrogens with zero attached hydrogens (tertiary/aromatic N) is 3. The molecule has 1 aromatic heterocycles. The number of carbonyl (C=O) groups is 1. The highest BCUT2D eigenvalue weighted by Gasteiger charge is 2.28. The smallest absolute Gasteiger partial charge is 0.227 e. The van der Waals surface area contributed by atoms with Crippen LogP contribution < -0.4 is 10.2 Å². The van der Waals surface area contributed by atoms with Gasteiger partial charge in [-0.05, 0) is 31.5 Å². The van der Waals surface area contributed by atoms with Crippen molar-refractivity contribution in [2.24, 2.45) is 5.92 Å². The van der Waals surface area contributed by atoms with E-state index >= 15 is 0 Å². The maximum atomic E-state index is 12.4. The largest absolute Gasteiger partial charge is 0.353 e. The van der Waals surface area contributed by atoms with Crippen molar-refractivity contribution in [2.45, 2.75) is 12.8 Å². The number of piperazine rings is 1. The maximum absolute atomic E-state index is 12.4. The van der Waals surface area contributed by atoms with Crippen LogP contribution in [0.1, 0.15) is 12.8 Å². The zero-order chi connectivity index (χ0) is 13.8. The summed E-state index contributed by atoms with van der Waals surface area (Å²) in [6, 6.07) is 5.97. The second-order valence-corrected chi connectivity index (χ2v) is 5.54. The average Bonchev–Trinajstić information content (AvgIpc) is 2.56. The first-order valence-corrected chi connectivity index (χ1v) is 7.50. The minimum Gasteiger partial charge on any atom is -0.353 e. The van der Waals surface area contributed by atoms with Crippen molar-refractivity contribution in [3.05, 3.63) is 24.4 Å². The Hall–Kier alpha value is -1.62. The van der Waals surface area contributed by atoms with Gasteiger partial charge in [0.2, 0.25) is 5.91 Å². The van der Waals surface area contributed by atoms with Crippen LogP contribution in [0.15, 0.2) is 24.4 Å². The third kappa shape index (κ3) is 2.93. The van der Waals surface area contributed by atoms with E-state index in [0.717, 1.165) is 57.9 Å². The molecule has 0 bridgehead atoms. The number of nitrogens with one attached hydrogen (secondary N) is 1. The molecule has 0 spiro atoms. The van der Waals surface area contributed by atoms with E-state index in [0.29, 0.717) is 5.91 Å². The molecule has 2 aliphatic rings. The molecule has 1 unspecified atom stereocenters. The SMILES string of the molecule is O=C(C1CCCNC1)N1CCN(c2ccccn2)CC1. The van der Waals surface area contributed by atoms with E-state index in [2.05, 4.69) is 15.2 Å². The lowest BCUT2D eigenvalue weighted by atomic mass is 9.98. The van der Waals surface area contributed by atoms with Crippen LogP contribution in [0.25, 0.3) is 0 Å². The minimum absolute atomic E-state index is 0.185. The Morgan fingerprint density at radius 2 is 2.10 bits per heavy atom. The van der Waals surface area contributed by atoms with Gasteiger partial charge < -0.3 is 15.1 Å². The van der Waals surface area contributed by atoms with Crippen LogP contribution in [0.3, 0.4) is 0 Å². The predicted molar refractivity (Wildman–Crippen MR) is 78.6 cm³/mol. The van der Waals surface area contributed by atoms with Gasteiger partial charge in [0, 0.05) is 38.9 Å². The van der Waals surface area contributed by atoms with E-state index < -0.39 is 0 Å². The van der Waals surface area contributed by atoms with Gasteiger partial charge in [0.1, 0.15) is 5.82 Å². The standard InChI is InChI=1S/C15H22N4O/c20-15(13-4-3-6-16-12-13)19-10-8-18(9-11-19)14-5-1-2-7-17-14/h1-2,5,7,13,16H,3-4,6,8-12H2. The quantitative estimate of drug-likeness (QED) is 0.864. The Kier molecular flexibility index (Phi) is 4.16. The van der Waals surface area contributed by atoms with Gasteiger partial charge in [-0.1, -0.05) is 6.07 Å². The number of piperidine rings is 1. The topological polar surface area (TPSA) is 48.5 Å². The van der Waals surface area contributed by atoms with E-state index in [1.54, 1.807) is 0 Å². The second kappa shape index (κ2) is 6.22. The van der Waals surface area contributed by atoms with E-state index in [9.17, 15) is 4.79 Å². The molecule has 0 aliphatic carbocycles. The summed E-state index contributed by atoms with van der Waals surface area (Å²) in [5, 5.41) is 3.32. The molecule has 0 radical (unpaired) electrons. The van der Waals surface area contributed by atoms with Crippen LogP contribution >= 0.6 is 0 Å². The fourth-order valence-corrected chi connectivity index (χ4v) is 3.02. The summed E-state index contributed by atoms with van der Waals surface area (Å²) in [6.07, 6.45) is 3.97. The molecule has 2 aliphatic heterocycles. The third-order valence-corrected chi connectivity index (χ3v) is 4.21. The van der Waals surface area contributed by atoms with Crippen molar-refractivity contribution >= 4 is 11.7 Å². The summed E-state index contributed by atoms with van der Waals surface area (Å²) in [4.78, 5) is 21.1. The molecule has 108 valence electrons. The summed E-state index contributed by atoms with van der Waals surface area (Å²) < 4.78 is 0. The number of hydrogen-bond donors (Lipinski definition) is 1. The van der Waals surface area contributed by atoms with Crippen molar-refractivity contribution < 1.29 is 4.79 Å². The zero-order valence-corrected chi connectivity index (χ0v) is 11.8. The van der Waals surface area contributed by atoms with Gasteiger partial charge in [-0.3, -0.25) is 4.79 Å². The Morgan fingerprint density at radius 3 is 2.75 bits per heavy atom. The molecule has 20 heavy (non-hydrogen) atoms. The molecule has 5 heteroatoms. The molecule has 3 heterocycles. The monoisotopic (exact) mass is 274 g/mol. The second-order valence-electron chi connectivity index (χ2n) is 5.54. The fraction of sp³-hybridized carbons (Fsp3) is 0.600. The van der Waals surface area contributed by atoms with Gasteiger partial charge >= 0.3 is 0 Å². The highest BCUT2D eigenvalue weighted by atomic mass is 16.2. The number of pyridine rings is 1. The van der Waals surface area contributed by atoms with Crippen LogP contribution in [0.4, 0.5) is 5.82 Å². The molecule has 0 saturated carbocycles. The summed E-state index contributed by atoms with van der Waals surface area (Å²) >= 11 is 0. The molecule has 5 nitrogen and oxygen atoms in total. The summed E-state index contributed by atoms with van der Waals surface area (Å²) in [7, 11) is 0. The lowest BCUT2D eigenvalue weighted by Crippen LogP contribution is -2.52. The molecule has 1 N–H and O–H groups in total. The maximum Gasteiger partial charge on any atom is 0.227 e. The zero-order valence-electron chi connectivity index (χ0n) is 11.8. The molecule has 1 atom stereocenters. The Bertz CT molecular complexity index is 436. The normalized spacial score (nSPS) is 23.7. The predicted octanol–water partition coefficient (Wildman–Crippen LogP) is 0.730. The molecular formula is C15H22N4O. The van der Waals surface area contributed by atoms with Crippen molar-refractivity contribution in [1.82, 2.24) is 15.2 Å². The Labute approximate surface area is 120 Å². The number of amides is 1. The van der Waals surface area contributed by atoms with Crippen LogP contribution in [0.5, 0.6) is 0 Å². The first kappa shape index (κ1) is 13.4. The first-order chi connectivity index (χ1) is 9.84. The summed E-state index contributed by atoms with van der Waals surface area (Å²) in [5.41, 5.74) is 0. The molecule has 2 fully saturated rings. The van der Waals surface area contributed by atoms with Crippen molar-refractivity contribution in [3.63, 3.8) is 0 Å². The number of anilines is 1. The van der Waals surface area contributed by atoms with Crippen LogP contribution in [-0.4, -0.2) is 55.1 Å². The third-order valence-electron chi connectivity index (χ3n) is 4.21. The van der Waals surface area contributed by atoms with Gasteiger partial charge in [0.15, 0.2) is 0 Å². The van der Waals surface area contributed by atoms with Crippen molar-refractivity contribution in [3.8, 4) is 0 Å². The minimum atomic E-state index is 0.185.